The number of benzene rings is 1. The highest BCUT2D eigenvalue weighted by Crippen LogP contribution is 2.40. The number of hydrogen-bond donors (Lipinski definition) is 2. The number of nitrogens with zero attached hydrogens (tertiary/aromatic N) is 3. The van der Waals surface area contributed by atoms with E-state index >= 15 is 0 Å². The number of piperazine rings is 1. The highest BCUT2D eigenvalue weighted by Gasteiger charge is 2.54. The summed E-state index contributed by atoms with van der Waals surface area (Å²) in [6.07, 6.45) is 3.79. The van der Waals surface area contributed by atoms with Crippen LogP contribution in [0.25, 0.3) is 0 Å². The van der Waals surface area contributed by atoms with E-state index in [0.29, 0.717) is 49.8 Å². The highest BCUT2D eigenvalue weighted by molar-refractivity contribution is 6.30. The minimum absolute atomic E-state index is 0.00139. The molecule has 2 atom stereocenters. The number of H-pyrrole nitrogens is 1. The van der Waals surface area contributed by atoms with Gasteiger partial charge in [-0.3, -0.25) is 19.6 Å². The molecule has 2 saturated heterocycles. The Morgan fingerprint density at radius 3 is 2.36 bits per heavy atom. The Labute approximate surface area is 220 Å². The highest BCUT2D eigenvalue weighted by atomic mass is 35.5. The van der Waals surface area contributed by atoms with Crippen LogP contribution in [0.4, 0.5) is 0 Å². The number of aromatic nitrogens is 2. The molecule has 2 amide bonds. The van der Waals surface area contributed by atoms with E-state index in [4.69, 9.17) is 11.6 Å². The second-order valence-corrected chi connectivity index (χ2v) is 11.3. The number of carbonyl (C=O) groups is 2. The maximum Gasteiger partial charge on any atom is 0.246 e. The molecule has 4 rings (SSSR count). The van der Waals surface area contributed by atoms with Gasteiger partial charge in [0.05, 0.1) is 11.7 Å². The molecular formula is C28H40ClN5O2. The summed E-state index contributed by atoms with van der Waals surface area (Å²) in [5.74, 6) is 0.438. The number of aromatic amines is 1. The molecule has 2 aliphatic heterocycles. The van der Waals surface area contributed by atoms with Gasteiger partial charge in [-0.25, -0.2) is 0 Å². The predicted molar refractivity (Wildman–Crippen MR) is 143 cm³/mol. The fourth-order valence-electron chi connectivity index (χ4n) is 5.96. The van der Waals surface area contributed by atoms with Crippen LogP contribution in [0.1, 0.15) is 81.4 Å². The van der Waals surface area contributed by atoms with Crippen LogP contribution < -0.4 is 5.32 Å². The lowest BCUT2D eigenvalue weighted by molar-refractivity contribution is -0.162. The van der Waals surface area contributed by atoms with Crippen LogP contribution >= 0.6 is 11.6 Å². The van der Waals surface area contributed by atoms with Crippen molar-refractivity contribution in [1.29, 1.82) is 0 Å². The van der Waals surface area contributed by atoms with E-state index < -0.39 is 11.6 Å². The zero-order valence-electron chi connectivity index (χ0n) is 22.2. The zero-order chi connectivity index (χ0) is 26.0. The Bertz CT molecular complexity index is 1050. The molecule has 7 nitrogen and oxygen atoms in total. The number of likely N-dealkylation sites (tertiary alicyclic amines) is 1. The molecule has 8 heteroatoms. The second kappa shape index (κ2) is 10.9. The molecule has 2 N–H and O–H groups in total. The summed E-state index contributed by atoms with van der Waals surface area (Å²) in [4.78, 5) is 31.6. The molecular weight excluding hydrogens is 474 g/mol. The molecule has 0 bridgehead atoms. The molecule has 2 unspecified atom stereocenters. The molecule has 3 heterocycles. The van der Waals surface area contributed by atoms with Gasteiger partial charge in [0, 0.05) is 35.9 Å². The molecule has 0 saturated carbocycles. The average molecular weight is 514 g/mol. The van der Waals surface area contributed by atoms with E-state index in [9.17, 15) is 9.59 Å². The van der Waals surface area contributed by atoms with Crippen molar-refractivity contribution in [2.45, 2.75) is 84.3 Å². The van der Waals surface area contributed by atoms with E-state index in [2.05, 4.69) is 60.2 Å². The molecule has 1 aromatic heterocycles. The number of nitrogens with one attached hydrogen (secondary N) is 2. The minimum Gasteiger partial charge on any atom is -0.342 e. The van der Waals surface area contributed by atoms with Crippen molar-refractivity contribution in [2.75, 3.05) is 19.6 Å². The first-order chi connectivity index (χ1) is 17.2. The molecule has 2 aromatic rings. The monoisotopic (exact) mass is 513 g/mol. The maximum absolute atomic E-state index is 13.6. The third-order valence-corrected chi connectivity index (χ3v) is 8.14. The van der Waals surface area contributed by atoms with Gasteiger partial charge in [0.1, 0.15) is 11.6 Å². The van der Waals surface area contributed by atoms with Gasteiger partial charge >= 0.3 is 0 Å². The molecule has 2 fully saturated rings. The SMILES string of the molecule is CCCCN1C(=O)C(CC(C)C)NC(=O)C12CCN(C(c1ccc(Cl)cc1)c1c(C)n[nH]c1C)CC2. The van der Waals surface area contributed by atoms with Gasteiger partial charge in [-0.2, -0.15) is 5.10 Å². The molecule has 2 aliphatic rings. The minimum atomic E-state index is -0.777. The third-order valence-electron chi connectivity index (χ3n) is 7.89. The lowest BCUT2D eigenvalue weighted by atomic mass is 9.79. The smallest absolute Gasteiger partial charge is 0.246 e. The van der Waals surface area contributed by atoms with Crippen LogP contribution in [-0.2, 0) is 9.59 Å². The molecule has 36 heavy (non-hydrogen) atoms. The number of piperidine rings is 1. The normalized spacial score (nSPS) is 21.3. The Kier molecular flexibility index (Phi) is 8.10. The summed E-state index contributed by atoms with van der Waals surface area (Å²) in [5, 5.41) is 11.4. The Morgan fingerprint density at radius 2 is 1.81 bits per heavy atom. The summed E-state index contributed by atoms with van der Waals surface area (Å²) < 4.78 is 0. The number of amides is 2. The summed E-state index contributed by atoms with van der Waals surface area (Å²) in [5.41, 5.74) is 3.55. The van der Waals surface area contributed by atoms with Gasteiger partial charge in [-0.1, -0.05) is 50.9 Å². The Balaban J connectivity index is 1.63. The second-order valence-electron chi connectivity index (χ2n) is 10.9. The first kappa shape index (κ1) is 26.7. The van der Waals surface area contributed by atoms with E-state index in [1.165, 1.54) is 0 Å². The molecule has 0 aliphatic carbocycles. The van der Waals surface area contributed by atoms with Crippen LogP contribution in [0.5, 0.6) is 0 Å². The largest absolute Gasteiger partial charge is 0.342 e. The topological polar surface area (TPSA) is 81.3 Å². The van der Waals surface area contributed by atoms with Gasteiger partial charge in [0.15, 0.2) is 0 Å². The number of aryl methyl sites for hydroxylation is 2. The zero-order valence-corrected chi connectivity index (χ0v) is 23.0. The summed E-state index contributed by atoms with van der Waals surface area (Å²) in [6, 6.07) is 7.58. The van der Waals surface area contributed by atoms with Crippen LogP contribution in [-0.4, -0.2) is 63.0 Å². The third kappa shape index (κ3) is 5.05. The van der Waals surface area contributed by atoms with Crippen molar-refractivity contribution in [3.05, 3.63) is 51.8 Å². The fraction of sp³-hybridized carbons (Fsp3) is 0.607. The van der Waals surface area contributed by atoms with Crippen molar-refractivity contribution in [1.82, 2.24) is 25.3 Å². The van der Waals surface area contributed by atoms with Crippen molar-refractivity contribution in [3.63, 3.8) is 0 Å². The number of unbranched alkanes of at least 4 members (excludes halogenated alkanes) is 1. The van der Waals surface area contributed by atoms with Gasteiger partial charge < -0.3 is 10.2 Å². The Morgan fingerprint density at radius 1 is 1.14 bits per heavy atom. The van der Waals surface area contributed by atoms with Crippen LogP contribution in [0.15, 0.2) is 24.3 Å². The molecule has 0 radical (unpaired) electrons. The van der Waals surface area contributed by atoms with Crippen molar-refractivity contribution in [3.8, 4) is 0 Å². The van der Waals surface area contributed by atoms with E-state index in [1.807, 2.05) is 24.0 Å². The standard InChI is InChI=1S/C28H40ClN5O2/c1-6-7-14-34-26(35)23(17-18(2)3)30-27(36)28(34)12-15-33(16-13-28)25(21-8-10-22(29)11-9-21)24-19(4)31-32-20(24)5/h8-11,18,23,25H,6-7,12-17H2,1-5H3,(H,30,36)(H,31,32). The van der Waals surface area contributed by atoms with Gasteiger partial charge in [0.2, 0.25) is 11.8 Å². The fourth-order valence-corrected chi connectivity index (χ4v) is 6.09. The summed E-state index contributed by atoms with van der Waals surface area (Å²) in [6.45, 7) is 12.4. The van der Waals surface area contributed by atoms with E-state index in [1.54, 1.807) is 0 Å². The first-order valence-corrected chi connectivity index (χ1v) is 13.7. The molecule has 1 spiro atoms. The van der Waals surface area contributed by atoms with Gasteiger partial charge in [0.25, 0.3) is 0 Å². The number of halogens is 1. The van der Waals surface area contributed by atoms with Crippen LogP contribution in [0.2, 0.25) is 5.02 Å². The lowest BCUT2D eigenvalue weighted by Crippen LogP contribution is -2.73. The molecule has 196 valence electrons. The van der Waals surface area contributed by atoms with Crippen LogP contribution in [0.3, 0.4) is 0 Å². The first-order valence-electron chi connectivity index (χ1n) is 13.3. The molecule has 1 aromatic carbocycles. The predicted octanol–water partition coefficient (Wildman–Crippen LogP) is 4.78. The average Bonchev–Trinajstić information content (AvgIpc) is 3.17. The summed E-state index contributed by atoms with van der Waals surface area (Å²) in [7, 11) is 0. The van der Waals surface area contributed by atoms with Crippen molar-refractivity contribution < 1.29 is 9.59 Å². The quantitative estimate of drug-likeness (QED) is 0.532. The van der Waals surface area contributed by atoms with Gasteiger partial charge in [-0.15, -0.1) is 0 Å². The maximum atomic E-state index is 13.6. The van der Waals surface area contributed by atoms with Crippen molar-refractivity contribution >= 4 is 23.4 Å². The lowest BCUT2D eigenvalue weighted by Gasteiger charge is -2.52. The number of hydrogen-bond acceptors (Lipinski definition) is 4. The van der Waals surface area contributed by atoms with E-state index in [0.717, 1.165) is 35.4 Å². The van der Waals surface area contributed by atoms with E-state index in [-0.39, 0.29) is 17.9 Å². The summed E-state index contributed by atoms with van der Waals surface area (Å²) >= 11 is 6.20. The van der Waals surface area contributed by atoms with Crippen molar-refractivity contribution in [2.24, 2.45) is 5.92 Å². The number of rotatable bonds is 8. The van der Waals surface area contributed by atoms with Gasteiger partial charge in [-0.05, 0) is 63.1 Å². The number of carbonyl (C=O) groups excluding carboxylic acids is 2. The van der Waals surface area contributed by atoms with Crippen LogP contribution in [0, 0.1) is 19.8 Å². The Hall–Kier alpha value is -2.38.